The highest BCUT2D eigenvalue weighted by Gasteiger charge is 2.12. The Labute approximate surface area is 125 Å². The molecular weight excluding hydrogens is 256 g/mol. The summed E-state index contributed by atoms with van der Waals surface area (Å²) in [7, 11) is 0. The number of pyridine rings is 2. The van der Waals surface area contributed by atoms with Gasteiger partial charge in [-0.25, -0.2) is 0 Å². The molecular formula is C19H18N2. The van der Waals surface area contributed by atoms with E-state index in [1.165, 1.54) is 27.8 Å². The van der Waals surface area contributed by atoms with Gasteiger partial charge in [0.25, 0.3) is 0 Å². The second-order valence-corrected chi connectivity index (χ2v) is 5.39. The smallest absolute Gasteiger partial charge is 0.0738 e. The van der Waals surface area contributed by atoms with Crippen LogP contribution in [0.2, 0.25) is 0 Å². The summed E-state index contributed by atoms with van der Waals surface area (Å²) in [5, 5.41) is 0. The molecule has 0 aliphatic heterocycles. The predicted octanol–water partition coefficient (Wildman–Crippen LogP) is 4.74. The van der Waals surface area contributed by atoms with Gasteiger partial charge in [0.2, 0.25) is 0 Å². The number of benzene rings is 1. The van der Waals surface area contributed by atoms with Crippen LogP contribution >= 0.6 is 0 Å². The minimum absolute atomic E-state index is 1.03. The van der Waals surface area contributed by atoms with E-state index in [1.807, 2.05) is 30.7 Å². The van der Waals surface area contributed by atoms with Gasteiger partial charge in [-0.2, -0.15) is 0 Å². The van der Waals surface area contributed by atoms with Crippen molar-refractivity contribution in [2.24, 2.45) is 0 Å². The van der Waals surface area contributed by atoms with E-state index in [0.29, 0.717) is 0 Å². The molecule has 3 rings (SSSR count). The Hall–Kier alpha value is -2.48. The van der Waals surface area contributed by atoms with Crippen LogP contribution in [-0.4, -0.2) is 9.97 Å². The normalized spacial score (nSPS) is 10.6. The first-order chi connectivity index (χ1) is 10.2. The van der Waals surface area contributed by atoms with Crippen molar-refractivity contribution in [3.63, 3.8) is 0 Å². The Morgan fingerprint density at radius 2 is 1.43 bits per heavy atom. The van der Waals surface area contributed by atoms with E-state index in [0.717, 1.165) is 11.3 Å². The zero-order valence-electron chi connectivity index (χ0n) is 12.6. The lowest BCUT2D eigenvalue weighted by atomic mass is 9.93. The topological polar surface area (TPSA) is 25.8 Å². The van der Waals surface area contributed by atoms with Crippen molar-refractivity contribution in [1.29, 1.82) is 0 Å². The summed E-state index contributed by atoms with van der Waals surface area (Å²) >= 11 is 0. The SMILES string of the molecule is Cc1ccc(-c2c(C)cnc(-c3ccncc3)c2C)cc1. The molecule has 0 fully saturated rings. The van der Waals surface area contributed by atoms with Crippen LogP contribution in [0.3, 0.4) is 0 Å². The van der Waals surface area contributed by atoms with E-state index in [2.05, 4.69) is 55.0 Å². The van der Waals surface area contributed by atoms with Gasteiger partial charge < -0.3 is 0 Å². The van der Waals surface area contributed by atoms with Crippen LogP contribution in [0.1, 0.15) is 16.7 Å². The largest absolute Gasteiger partial charge is 0.265 e. The molecule has 0 aliphatic rings. The third-order valence-corrected chi connectivity index (χ3v) is 3.81. The van der Waals surface area contributed by atoms with Gasteiger partial charge in [-0.3, -0.25) is 9.97 Å². The van der Waals surface area contributed by atoms with Crippen molar-refractivity contribution in [3.05, 3.63) is 71.7 Å². The number of hydrogen-bond acceptors (Lipinski definition) is 2. The minimum Gasteiger partial charge on any atom is -0.265 e. The highest BCUT2D eigenvalue weighted by Crippen LogP contribution is 2.32. The van der Waals surface area contributed by atoms with E-state index < -0.39 is 0 Å². The Morgan fingerprint density at radius 3 is 2.10 bits per heavy atom. The summed E-state index contributed by atoms with van der Waals surface area (Å²) in [5.41, 5.74) is 8.34. The monoisotopic (exact) mass is 274 g/mol. The van der Waals surface area contributed by atoms with Crippen molar-refractivity contribution in [2.75, 3.05) is 0 Å². The Kier molecular flexibility index (Phi) is 3.53. The van der Waals surface area contributed by atoms with Gasteiger partial charge >= 0.3 is 0 Å². The molecule has 0 N–H and O–H groups in total. The number of aromatic nitrogens is 2. The molecule has 0 radical (unpaired) electrons. The molecule has 0 unspecified atom stereocenters. The average molecular weight is 274 g/mol. The van der Waals surface area contributed by atoms with Crippen molar-refractivity contribution >= 4 is 0 Å². The third kappa shape index (κ3) is 2.57. The van der Waals surface area contributed by atoms with E-state index in [9.17, 15) is 0 Å². The molecule has 2 heteroatoms. The lowest BCUT2D eigenvalue weighted by Gasteiger charge is -2.14. The van der Waals surface area contributed by atoms with E-state index in [-0.39, 0.29) is 0 Å². The number of hydrogen-bond donors (Lipinski definition) is 0. The van der Waals surface area contributed by atoms with Crippen LogP contribution in [0.4, 0.5) is 0 Å². The first-order valence-corrected chi connectivity index (χ1v) is 7.10. The predicted molar refractivity (Wildman–Crippen MR) is 87.1 cm³/mol. The fraction of sp³-hybridized carbons (Fsp3) is 0.158. The van der Waals surface area contributed by atoms with Crippen molar-refractivity contribution in [2.45, 2.75) is 20.8 Å². The van der Waals surface area contributed by atoms with Gasteiger partial charge in [-0.15, -0.1) is 0 Å². The molecule has 2 aromatic heterocycles. The van der Waals surface area contributed by atoms with Crippen LogP contribution in [0.5, 0.6) is 0 Å². The van der Waals surface area contributed by atoms with Crippen molar-refractivity contribution in [1.82, 2.24) is 9.97 Å². The van der Waals surface area contributed by atoms with Crippen LogP contribution in [-0.2, 0) is 0 Å². The molecule has 0 aliphatic carbocycles. The molecule has 0 spiro atoms. The molecule has 104 valence electrons. The van der Waals surface area contributed by atoms with Gasteiger partial charge in [-0.05, 0) is 55.2 Å². The maximum absolute atomic E-state index is 4.62. The summed E-state index contributed by atoms with van der Waals surface area (Å²) in [5.74, 6) is 0. The lowest BCUT2D eigenvalue weighted by Crippen LogP contribution is -1.95. The second-order valence-electron chi connectivity index (χ2n) is 5.39. The van der Waals surface area contributed by atoms with Crippen LogP contribution < -0.4 is 0 Å². The summed E-state index contributed by atoms with van der Waals surface area (Å²) in [6.45, 7) is 6.37. The summed E-state index contributed by atoms with van der Waals surface area (Å²) in [6.07, 6.45) is 5.57. The van der Waals surface area contributed by atoms with Gasteiger partial charge in [0, 0.05) is 24.2 Å². The number of nitrogens with zero attached hydrogens (tertiary/aromatic N) is 2. The Balaban J connectivity index is 2.19. The molecule has 0 saturated carbocycles. The first-order valence-electron chi connectivity index (χ1n) is 7.10. The van der Waals surface area contributed by atoms with Gasteiger partial charge in [0.15, 0.2) is 0 Å². The van der Waals surface area contributed by atoms with Crippen molar-refractivity contribution < 1.29 is 0 Å². The minimum atomic E-state index is 1.03. The fourth-order valence-corrected chi connectivity index (χ4v) is 2.70. The van der Waals surface area contributed by atoms with Crippen molar-refractivity contribution in [3.8, 4) is 22.4 Å². The Morgan fingerprint density at radius 1 is 0.762 bits per heavy atom. The third-order valence-electron chi connectivity index (χ3n) is 3.81. The fourth-order valence-electron chi connectivity index (χ4n) is 2.70. The Bertz CT molecular complexity index is 760. The van der Waals surface area contributed by atoms with Crippen LogP contribution in [0.15, 0.2) is 55.0 Å². The number of aryl methyl sites for hydroxylation is 2. The van der Waals surface area contributed by atoms with Gasteiger partial charge in [0.1, 0.15) is 0 Å². The highest BCUT2D eigenvalue weighted by molar-refractivity contribution is 5.77. The quantitative estimate of drug-likeness (QED) is 0.674. The summed E-state index contributed by atoms with van der Waals surface area (Å²) in [6, 6.07) is 12.7. The number of rotatable bonds is 2. The first kappa shape index (κ1) is 13.5. The maximum Gasteiger partial charge on any atom is 0.0738 e. The zero-order valence-corrected chi connectivity index (χ0v) is 12.6. The average Bonchev–Trinajstić information content (AvgIpc) is 2.50. The zero-order chi connectivity index (χ0) is 14.8. The molecule has 0 bridgehead atoms. The maximum atomic E-state index is 4.62. The molecule has 2 heterocycles. The molecule has 1 aromatic carbocycles. The van der Waals surface area contributed by atoms with Crippen LogP contribution in [0.25, 0.3) is 22.4 Å². The molecule has 0 saturated heterocycles. The lowest BCUT2D eigenvalue weighted by molar-refractivity contribution is 1.21. The summed E-state index contributed by atoms with van der Waals surface area (Å²) < 4.78 is 0. The van der Waals surface area contributed by atoms with Gasteiger partial charge in [0.05, 0.1) is 5.69 Å². The standard InChI is InChI=1S/C19H18N2/c1-13-4-6-16(7-5-13)18-14(2)12-21-19(15(18)3)17-8-10-20-11-9-17/h4-12H,1-3H3. The molecule has 21 heavy (non-hydrogen) atoms. The van der Waals surface area contributed by atoms with Gasteiger partial charge in [-0.1, -0.05) is 29.8 Å². The summed E-state index contributed by atoms with van der Waals surface area (Å²) in [4.78, 5) is 8.70. The second kappa shape index (κ2) is 5.49. The van der Waals surface area contributed by atoms with E-state index >= 15 is 0 Å². The van der Waals surface area contributed by atoms with E-state index in [4.69, 9.17) is 0 Å². The molecule has 2 nitrogen and oxygen atoms in total. The van der Waals surface area contributed by atoms with E-state index in [1.54, 1.807) is 0 Å². The molecule has 0 amide bonds. The molecule has 3 aromatic rings. The molecule has 0 atom stereocenters. The van der Waals surface area contributed by atoms with Crippen LogP contribution in [0, 0.1) is 20.8 Å². The highest BCUT2D eigenvalue weighted by atomic mass is 14.7.